The van der Waals surface area contributed by atoms with Crippen molar-refractivity contribution in [3.05, 3.63) is 33.9 Å². The van der Waals surface area contributed by atoms with Gasteiger partial charge in [0.25, 0.3) is 5.69 Å². The number of Topliss-reactive ketones (excluding diaryl/α,β-unsaturated/α-hetero) is 1. The smallest absolute Gasteiger partial charge is 0.293 e. The Morgan fingerprint density at radius 1 is 1.50 bits per heavy atom. The van der Waals surface area contributed by atoms with Crippen LogP contribution in [0.15, 0.2) is 18.2 Å². The molecular weight excluding hydrogens is 262 g/mol. The first-order valence-electron chi connectivity index (χ1n) is 6.25. The standard InChI is InChI=1S/C13H15N3O4/c1-8-13(18)14-5-6-15(8)11-4-3-10(9(2)17)7-12(11)16(19)20/h3-4,7-8H,5-6H2,1-2H3,(H,14,18). The average Bonchev–Trinajstić information content (AvgIpc) is 2.41. The molecule has 1 unspecified atom stereocenters. The fourth-order valence-electron chi connectivity index (χ4n) is 2.24. The van der Waals surface area contributed by atoms with E-state index in [0.717, 1.165) is 0 Å². The maximum Gasteiger partial charge on any atom is 0.293 e. The lowest BCUT2D eigenvalue weighted by Gasteiger charge is -2.34. The number of nitro groups is 1. The van der Waals surface area contributed by atoms with Gasteiger partial charge in [-0.15, -0.1) is 0 Å². The highest BCUT2D eigenvalue weighted by atomic mass is 16.6. The molecule has 0 saturated carbocycles. The van der Waals surface area contributed by atoms with Gasteiger partial charge in [-0.05, 0) is 26.0 Å². The van der Waals surface area contributed by atoms with Gasteiger partial charge >= 0.3 is 0 Å². The lowest BCUT2D eigenvalue weighted by molar-refractivity contribution is -0.384. The van der Waals surface area contributed by atoms with Crippen molar-refractivity contribution in [2.24, 2.45) is 0 Å². The summed E-state index contributed by atoms with van der Waals surface area (Å²) >= 11 is 0. The summed E-state index contributed by atoms with van der Waals surface area (Å²) < 4.78 is 0. The fourth-order valence-corrected chi connectivity index (χ4v) is 2.24. The molecule has 1 saturated heterocycles. The third kappa shape index (κ3) is 2.47. The molecule has 0 aliphatic carbocycles. The van der Waals surface area contributed by atoms with Crippen LogP contribution in [0.1, 0.15) is 24.2 Å². The molecule has 7 heteroatoms. The number of anilines is 1. The minimum atomic E-state index is -0.527. The highest BCUT2D eigenvalue weighted by Gasteiger charge is 2.30. The Morgan fingerprint density at radius 3 is 2.80 bits per heavy atom. The zero-order chi connectivity index (χ0) is 14.9. The van der Waals surface area contributed by atoms with E-state index in [2.05, 4.69) is 5.32 Å². The van der Waals surface area contributed by atoms with Crippen LogP contribution in [0.4, 0.5) is 11.4 Å². The Labute approximate surface area is 115 Å². The summed E-state index contributed by atoms with van der Waals surface area (Å²) in [6.45, 7) is 3.98. The van der Waals surface area contributed by atoms with Crippen molar-refractivity contribution < 1.29 is 14.5 Å². The van der Waals surface area contributed by atoms with Crippen LogP contribution in [0.5, 0.6) is 0 Å². The maximum absolute atomic E-state index is 11.7. The summed E-state index contributed by atoms with van der Waals surface area (Å²) in [6.07, 6.45) is 0. The van der Waals surface area contributed by atoms with E-state index >= 15 is 0 Å². The first-order valence-corrected chi connectivity index (χ1v) is 6.25. The van der Waals surface area contributed by atoms with Gasteiger partial charge in [0.2, 0.25) is 5.91 Å². The first kappa shape index (κ1) is 14.0. The zero-order valence-electron chi connectivity index (χ0n) is 11.3. The van der Waals surface area contributed by atoms with E-state index in [0.29, 0.717) is 18.8 Å². The molecule has 1 aromatic rings. The van der Waals surface area contributed by atoms with Crippen molar-refractivity contribution in [1.82, 2.24) is 5.32 Å². The van der Waals surface area contributed by atoms with E-state index in [1.54, 1.807) is 17.9 Å². The molecule has 1 amide bonds. The van der Waals surface area contributed by atoms with Crippen LogP contribution in [-0.2, 0) is 4.79 Å². The summed E-state index contributed by atoms with van der Waals surface area (Å²) in [5.41, 5.74) is 0.496. The Hall–Kier alpha value is -2.44. The second kappa shape index (κ2) is 5.28. The van der Waals surface area contributed by atoms with E-state index in [9.17, 15) is 19.7 Å². The summed E-state index contributed by atoms with van der Waals surface area (Å²) in [6, 6.07) is 3.86. The van der Waals surface area contributed by atoms with Gasteiger partial charge in [-0.2, -0.15) is 0 Å². The topological polar surface area (TPSA) is 92.6 Å². The van der Waals surface area contributed by atoms with Crippen LogP contribution in [0, 0.1) is 10.1 Å². The first-order chi connectivity index (χ1) is 9.41. The minimum Gasteiger partial charge on any atom is -0.353 e. The molecule has 0 bridgehead atoms. The third-order valence-corrected chi connectivity index (χ3v) is 3.39. The van der Waals surface area contributed by atoms with Gasteiger partial charge < -0.3 is 10.2 Å². The molecule has 106 valence electrons. The minimum absolute atomic E-state index is 0.153. The molecule has 1 N–H and O–H groups in total. The van der Waals surface area contributed by atoms with E-state index in [-0.39, 0.29) is 22.9 Å². The third-order valence-electron chi connectivity index (χ3n) is 3.39. The molecule has 0 radical (unpaired) electrons. The van der Waals surface area contributed by atoms with E-state index in [4.69, 9.17) is 0 Å². The molecular formula is C13H15N3O4. The Kier molecular flexibility index (Phi) is 3.69. The van der Waals surface area contributed by atoms with Gasteiger partial charge in [-0.3, -0.25) is 19.7 Å². The molecule has 1 aliphatic rings. The lowest BCUT2D eigenvalue weighted by Crippen LogP contribution is -2.54. The highest BCUT2D eigenvalue weighted by molar-refractivity contribution is 5.96. The zero-order valence-corrected chi connectivity index (χ0v) is 11.3. The maximum atomic E-state index is 11.7. The molecule has 0 aromatic heterocycles. The second-order valence-corrected chi connectivity index (χ2v) is 4.68. The number of amides is 1. The van der Waals surface area contributed by atoms with Gasteiger partial charge in [0, 0.05) is 24.7 Å². The highest BCUT2D eigenvalue weighted by Crippen LogP contribution is 2.31. The molecule has 1 fully saturated rings. The van der Waals surface area contributed by atoms with Crippen LogP contribution in [0.3, 0.4) is 0 Å². The number of nitrogens with zero attached hydrogens (tertiary/aromatic N) is 2. The monoisotopic (exact) mass is 277 g/mol. The quantitative estimate of drug-likeness (QED) is 0.507. The fraction of sp³-hybridized carbons (Fsp3) is 0.385. The number of rotatable bonds is 3. The molecule has 1 aromatic carbocycles. The predicted octanol–water partition coefficient (Wildman–Crippen LogP) is 1.12. The predicted molar refractivity (Wildman–Crippen MR) is 72.9 cm³/mol. The van der Waals surface area contributed by atoms with Gasteiger partial charge in [0.05, 0.1) is 4.92 Å². The molecule has 20 heavy (non-hydrogen) atoms. The normalized spacial score (nSPS) is 18.6. The van der Waals surface area contributed by atoms with E-state index < -0.39 is 11.0 Å². The van der Waals surface area contributed by atoms with Crippen LogP contribution in [0.2, 0.25) is 0 Å². The molecule has 7 nitrogen and oxygen atoms in total. The molecule has 1 aliphatic heterocycles. The number of ketones is 1. The lowest BCUT2D eigenvalue weighted by atomic mass is 10.1. The van der Waals surface area contributed by atoms with Crippen LogP contribution >= 0.6 is 0 Å². The van der Waals surface area contributed by atoms with Crippen LogP contribution in [0.25, 0.3) is 0 Å². The number of piperazine rings is 1. The number of carbonyl (C=O) groups is 2. The molecule has 0 spiro atoms. The SMILES string of the molecule is CC(=O)c1ccc(N2CCNC(=O)C2C)c([N+](=O)[O-])c1. The van der Waals surface area contributed by atoms with Gasteiger partial charge in [0.1, 0.15) is 11.7 Å². The van der Waals surface area contributed by atoms with E-state index in [1.165, 1.54) is 19.1 Å². The van der Waals surface area contributed by atoms with Gasteiger partial charge in [-0.25, -0.2) is 0 Å². The van der Waals surface area contributed by atoms with Crippen molar-refractivity contribution in [3.63, 3.8) is 0 Å². The Morgan fingerprint density at radius 2 is 2.20 bits per heavy atom. The number of benzene rings is 1. The van der Waals surface area contributed by atoms with Crippen molar-refractivity contribution in [2.45, 2.75) is 19.9 Å². The largest absolute Gasteiger partial charge is 0.353 e. The van der Waals surface area contributed by atoms with Crippen molar-refractivity contribution in [2.75, 3.05) is 18.0 Å². The van der Waals surface area contributed by atoms with Gasteiger partial charge in [-0.1, -0.05) is 0 Å². The second-order valence-electron chi connectivity index (χ2n) is 4.68. The van der Waals surface area contributed by atoms with Crippen molar-refractivity contribution >= 4 is 23.1 Å². The number of carbonyl (C=O) groups excluding carboxylic acids is 2. The number of hydrogen-bond donors (Lipinski definition) is 1. The summed E-state index contributed by atoms with van der Waals surface area (Å²) in [4.78, 5) is 35.3. The van der Waals surface area contributed by atoms with Crippen LogP contribution < -0.4 is 10.2 Å². The summed E-state index contributed by atoms with van der Waals surface area (Å²) in [5, 5.41) is 13.9. The van der Waals surface area contributed by atoms with Gasteiger partial charge in [0.15, 0.2) is 5.78 Å². The summed E-state index contributed by atoms with van der Waals surface area (Å²) in [7, 11) is 0. The number of nitrogens with one attached hydrogen (secondary N) is 1. The van der Waals surface area contributed by atoms with E-state index in [1.807, 2.05) is 0 Å². The average molecular weight is 277 g/mol. The molecule has 2 rings (SSSR count). The molecule has 1 heterocycles. The van der Waals surface area contributed by atoms with Crippen molar-refractivity contribution in [1.29, 1.82) is 0 Å². The molecule has 1 atom stereocenters. The van der Waals surface area contributed by atoms with Crippen LogP contribution in [-0.4, -0.2) is 35.7 Å². The number of hydrogen-bond acceptors (Lipinski definition) is 5. The van der Waals surface area contributed by atoms with Crippen molar-refractivity contribution in [3.8, 4) is 0 Å². The Balaban J connectivity index is 2.47. The Bertz CT molecular complexity index is 585. The number of nitro benzene ring substituents is 1. The summed E-state index contributed by atoms with van der Waals surface area (Å²) in [5.74, 6) is -0.398.